The Morgan fingerprint density at radius 1 is 1.07 bits per heavy atom. The van der Waals surface area contributed by atoms with Crippen LogP contribution in [0.5, 0.6) is 11.5 Å². The van der Waals surface area contributed by atoms with Crippen molar-refractivity contribution in [1.29, 1.82) is 0 Å². The topological polar surface area (TPSA) is 84.9 Å². The number of hydrogen-bond donors (Lipinski definition) is 1. The maximum Gasteiger partial charge on any atom is 0.253 e. The highest BCUT2D eigenvalue weighted by atomic mass is 32.2. The summed E-state index contributed by atoms with van der Waals surface area (Å²) in [5, 5.41) is 0. The van der Waals surface area contributed by atoms with E-state index in [-0.39, 0.29) is 5.91 Å². The summed E-state index contributed by atoms with van der Waals surface area (Å²) >= 11 is 0. The lowest BCUT2D eigenvalue weighted by Crippen LogP contribution is -2.26. The third-order valence-electron chi connectivity index (χ3n) is 3.98. The lowest BCUT2D eigenvalue weighted by molar-refractivity contribution is 0.0785. The summed E-state index contributed by atoms with van der Waals surface area (Å²) in [6.07, 6.45) is 1.09. The van der Waals surface area contributed by atoms with Crippen LogP contribution in [0.25, 0.3) is 0 Å². The summed E-state index contributed by atoms with van der Waals surface area (Å²) < 4.78 is 35.7. The van der Waals surface area contributed by atoms with Crippen LogP contribution in [0, 0.1) is 6.92 Å². The van der Waals surface area contributed by atoms with E-state index in [1.54, 1.807) is 57.4 Å². The Balaban J connectivity index is 2.16. The van der Waals surface area contributed by atoms with Gasteiger partial charge in [0.25, 0.3) is 5.91 Å². The number of carbonyl (C=O) groups is 1. The minimum absolute atomic E-state index is 0.168. The van der Waals surface area contributed by atoms with Gasteiger partial charge in [0.05, 0.1) is 26.2 Å². The van der Waals surface area contributed by atoms with Crippen LogP contribution in [0.3, 0.4) is 0 Å². The number of sulfonamides is 1. The molecule has 0 radical (unpaired) electrons. The van der Waals surface area contributed by atoms with Gasteiger partial charge in [-0.15, -0.1) is 0 Å². The van der Waals surface area contributed by atoms with Gasteiger partial charge >= 0.3 is 0 Å². The summed E-state index contributed by atoms with van der Waals surface area (Å²) in [7, 11) is 1.46. The fourth-order valence-electron chi connectivity index (χ4n) is 2.66. The molecule has 1 amide bonds. The standard InChI is InChI=1S/C19H24N2O5S/c1-13-10-15(7-8-16(13)20-27(5,23)24)19(22)21(2)12-14-6-9-17(25-3)18(11-14)26-4/h6-11,20H,12H2,1-5H3. The molecule has 7 nitrogen and oxygen atoms in total. The van der Waals surface area contributed by atoms with E-state index in [9.17, 15) is 13.2 Å². The van der Waals surface area contributed by atoms with Gasteiger partial charge < -0.3 is 14.4 Å². The first kappa shape index (κ1) is 20.6. The van der Waals surface area contributed by atoms with Gasteiger partial charge in [0.2, 0.25) is 10.0 Å². The molecule has 27 heavy (non-hydrogen) atoms. The first-order valence-corrected chi connectivity index (χ1v) is 10.1. The van der Waals surface area contributed by atoms with Crippen molar-refractivity contribution < 1.29 is 22.7 Å². The Bertz CT molecular complexity index is 941. The van der Waals surface area contributed by atoms with Crippen molar-refractivity contribution in [3.63, 3.8) is 0 Å². The molecule has 2 aromatic carbocycles. The first-order valence-electron chi connectivity index (χ1n) is 8.19. The van der Waals surface area contributed by atoms with E-state index >= 15 is 0 Å². The van der Waals surface area contributed by atoms with Crippen molar-refractivity contribution in [2.24, 2.45) is 0 Å². The van der Waals surface area contributed by atoms with Crippen molar-refractivity contribution >= 4 is 21.6 Å². The molecule has 0 saturated heterocycles. The molecule has 0 aliphatic carbocycles. The number of anilines is 1. The van der Waals surface area contributed by atoms with Crippen molar-refractivity contribution in [3.8, 4) is 11.5 Å². The first-order chi connectivity index (χ1) is 12.6. The fourth-order valence-corrected chi connectivity index (χ4v) is 3.28. The van der Waals surface area contributed by atoms with Gasteiger partial charge in [-0.05, 0) is 48.4 Å². The molecule has 0 aliphatic heterocycles. The highest BCUT2D eigenvalue weighted by Crippen LogP contribution is 2.28. The molecule has 0 spiro atoms. The van der Waals surface area contributed by atoms with Gasteiger partial charge in [-0.3, -0.25) is 9.52 Å². The number of amides is 1. The van der Waals surface area contributed by atoms with E-state index in [0.29, 0.717) is 34.9 Å². The summed E-state index contributed by atoms with van der Waals surface area (Å²) in [4.78, 5) is 14.3. The number of carbonyl (C=O) groups excluding carboxylic acids is 1. The van der Waals surface area contributed by atoms with Crippen LogP contribution in [0.1, 0.15) is 21.5 Å². The summed E-state index contributed by atoms with van der Waals surface area (Å²) in [6, 6.07) is 10.4. The molecule has 0 aliphatic rings. The van der Waals surface area contributed by atoms with Gasteiger partial charge in [-0.25, -0.2) is 8.42 Å². The zero-order chi connectivity index (χ0) is 20.2. The average Bonchev–Trinajstić information content (AvgIpc) is 2.61. The third-order valence-corrected chi connectivity index (χ3v) is 4.57. The predicted molar refractivity (Wildman–Crippen MR) is 105 cm³/mol. The SMILES string of the molecule is COc1ccc(CN(C)C(=O)c2ccc(NS(C)(=O)=O)c(C)c2)cc1OC. The largest absolute Gasteiger partial charge is 0.493 e. The zero-order valence-electron chi connectivity index (χ0n) is 16.1. The quantitative estimate of drug-likeness (QED) is 0.783. The van der Waals surface area contributed by atoms with Crippen LogP contribution < -0.4 is 14.2 Å². The van der Waals surface area contributed by atoms with E-state index < -0.39 is 10.0 Å². The van der Waals surface area contributed by atoms with Crippen molar-refractivity contribution in [2.75, 3.05) is 32.2 Å². The van der Waals surface area contributed by atoms with E-state index in [2.05, 4.69) is 4.72 Å². The van der Waals surface area contributed by atoms with Crippen LogP contribution in [0.4, 0.5) is 5.69 Å². The number of nitrogens with zero attached hydrogens (tertiary/aromatic N) is 1. The molecule has 2 aromatic rings. The van der Waals surface area contributed by atoms with Crippen molar-refractivity contribution in [3.05, 3.63) is 53.1 Å². The zero-order valence-corrected chi connectivity index (χ0v) is 16.9. The minimum atomic E-state index is -3.37. The van der Waals surface area contributed by atoms with Crippen LogP contribution >= 0.6 is 0 Å². The number of ether oxygens (including phenoxy) is 2. The van der Waals surface area contributed by atoms with E-state index in [1.807, 2.05) is 12.1 Å². The molecule has 0 bridgehead atoms. The molecule has 0 heterocycles. The molecule has 0 atom stereocenters. The Labute approximate surface area is 160 Å². The van der Waals surface area contributed by atoms with E-state index in [1.165, 1.54) is 0 Å². The minimum Gasteiger partial charge on any atom is -0.493 e. The molecule has 2 rings (SSSR count). The van der Waals surface area contributed by atoms with Gasteiger partial charge in [-0.1, -0.05) is 6.07 Å². The molecule has 0 fully saturated rings. The molecule has 0 aromatic heterocycles. The second-order valence-electron chi connectivity index (χ2n) is 6.25. The Kier molecular flexibility index (Phi) is 6.32. The Morgan fingerprint density at radius 2 is 1.74 bits per heavy atom. The lowest BCUT2D eigenvalue weighted by atomic mass is 10.1. The maximum absolute atomic E-state index is 12.7. The molecule has 0 unspecified atom stereocenters. The van der Waals surface area contributed by atoms with Crippen LogP contribution in [0.2, 0.25) is 0 Å². The second kappa shape index (κ2) is 8.30. The van der Waals surface area contributed by atoms with Gasteiger partial charge in [0.1, 0.15) is 0 Å². The number of methoxy groups -OCH3 is 2. The summed E-state index contributed by atoms with van der Waals surface area (Å²) in [5.74, 6) is 1.06. The van der Waals surface area contributed by atoms with Gasteiger partial charge in [-0.2, -0.15) is 0 Å². The Morgan fingerprint density at radius 3 is 2.30 bits per heavy atom. The van der Waals surface area contributed by atoms with E-state index in [0.717, 1.165) is 11.8 Å². The second-order valence-corrected chi connectivity index (χ2v) is 8.00. The van der Waals surface area contributed by atoms with Crippen LogP contribution in [-0.2, 0) is 16.6 Å². The normalized spacial score (nSPS) is 11.0. The number of benzene rings is 2. The van der Waals surface area contributed by atoms with Crippen molar-refractivity contribution in [1.82, 2.24) is 4.90 Å². The van der Waals surface area contributed by atoms with Crippen molar-refractivity contribution in [2.45, 2.75) is 13.5 Å². The third kappa shape index (κ3) is 5.37. The van der Waals surface area contributed by atoms with Crippen LogP contribution in [0.15, 0.2) is 36.4 Å². The monoisotopic (exact) mass is 392 g/mol. The number of hydrogen-bond acceptors (Lipinski definition) is 5. The molecular formula is C19H24N2O5S. The summed E-state index contributed by atoms with van der Waals surface area (Å²) in [5.41, 5.74) is 2.51. The predicted octanol–water partition coefficient (Wildman–Crippen LogP) is 2.66. The van der Waals surface area contributed by atoms with Gasteiger partial charge in [0, 0.05) is 19.2 Å². The number of nitrogens with one attached hydrogen (secondary N) is 1. The molecule has 8 heteroatoms. The van der Waals surface area contributed by atoms with Crippen LogP contribution in [-0.4, -0.2) is 46.7 Å². The molecular weight excluding hydrogens is 368 g/mol. The number of aryl methyl sites for hydroxylation is 1. The molecule has 1 N–H and O–H groups in total. The highest BCUT2D eigenvalue weighted by molar-refractivity contribution is 7.92. The summed E-state index contributed by atoms with van der Waals surface area (Å²) in [6.45, 7) is 2.14. The highest BCUT2D eigenvalue weighted by Gasteiger charge is 2.15. The van der Waals surface area contributed by atoms with E-state index in [4.69, 9.17) is 9.47 Å². The smallest absolute Gasteiger partial charge is 0.253 e. The Hall–Kier alpha value is -2.74. The lowest BCUT2D eigenvalue weighted by Gasteiger charge is -2.19. The van der Waals surface area contributed by atoms with Gasteiger partial charge in [0.15, 0.2) is 11.5 Å². The molecule has 146 valence electrons. The molecule has 0 saturated carbocycles. The maximum atomic E-state index is 12.7. The number of rotatable bonds is 7. The average molecular weight is 392 g/mol. The fraction of sp³-hybridized carbons (Fsp3) is 0.316.